The van der Waals surface area contributed by atoms with Gasteiger partial charge in [-0.05, 0) is 5.56 Å². The highest BCUT2D eigenvalue weighted by Crippen LogP contribution is 2.07. The highest BCUT2D eigenvalue weighted by molar-refractivity contribution is 7.77. The molecule has 64 valence electrons. The van der Waals surface area contributed by atoms with E-state index in [1.54, 1.807) is 0 Å². The minimum absolute atomic E-state index is 0.441. The third-order valence-corrected chi connectivity index (χ3v) is 1.75. The zero-order valence-corrected chi connectivity index (χ0v) is 7.17. The van der Waals surface area contributed by atoms with Gasteiger partial charge in [-0.3, -0.25) is 9.27 Å². The van der Waals surface area contributed by atoms with Gasteiger partial charge in [0.1, 0.15) is 0 Å². The van der Waals surface area contributed by atoms with Gasteiger partial charge in [-0.25, -0.2) is 4.21 Å². The van der Waals surface area contributed by atoms with Crippen LogP contribution < -0.4 is 4.72 Å². The Bertz CT molecular complexity index is 297. The first-order valence-electron chi connectivity index (χ1n) is 3.32. The van der Waals surface area contributed by atoms with Crippen molar-refractivity contribution in [3.8, 4) is 0 Å². The van der Waals surface area contributed by atoms with Crippen molar-refractivity contribution in [2.45, 2.75) is 0 Å². The number of hydrogen-bond donors (Lipinski definition) is 2. The lowest BCUT2D eigenvalue weighted by Crippen LogP contribution is -2.13. The summed E-state index contributed by atoms with van der Waals surface area (Å²) in [6, 6.07) is 9.15. The molecule has 0 radical (unpaired) electrons. The second-order valence-electron chi connectivity index (χ2n) is 2.20. The summed E-state index contributed by atoms with van der Waals surface area (Å²) in [5.74, 6) is 0. The van der Waals surface area contributed by atoms with E-state index in [4.69, 9.17) is 4.55 Å². The summed E-state index contributed by atoms with van der Waals surface area (Å²) in [6.07, 6.45) is 0. The Morgan fingerprint density at radius 3 is 2.50 bits per heavy atom. The van der Waals surface area contributed by atoms with Crippen molar-refractivity contribution in [3.63, 3.8) is 0 Å². The van der Waals surface area contributed by atoms with Gasteiger partial charge in [-0.1, -0.05) is 36.9 Å². The van der Waals surface area contributed by atoms with Crippen molar-refractivity contribution in [1.29, 1.82) is 0 Å². The molecule has 0 aliphatic heterocycles. The Morgan fingerprint density at radius 1 is 1.42 bits per heavy atom. The lowest BCUT2D eigenvalue weighted by atomic mass is 10.2. The maximum atomic E-state index is 10.3. The van der Waals surface area contributed by atoms with E-state index in [2.05, 4.69) is 11.3 Å². The van der Waals surface area contributed by atoms with E-state index in [1.807, 2.05) is 30.3 Å². The number of nitrogens with one attached hydrogen (secondary N) is 1. The molecule has 0 spiro atoms. The molecule has 1 atom stereocenters. The largest absolute Gasteiger partial charge is 0.289 e. The van der Waals surface area contributed by atoms with Crippen LogP contribution in [-0.2, 0) is 11.3 Å². The summed E-state index contributed by atoms with van der Waals surface area (Å²) in [6.45, 7) is 3.60. The molecule has 0 aliphatic rings. The molecule has 1 aromatic rings. The van der Waals surface area contributed by atoms with Gasteiger partial charge in [0.2, 0.25) is 0 Å². The smallest absolute Gasteiger partial charge is 0.259 e. The highest BCUT2D eigenvalue weighted by Gasteiger charge is 1.98. The van der Waals surface area contributed by atoms with Crippen LogP contribution in [0, 0.1) is 0 Å². The molecule has 0 amide bonds. The quantitative estimate of drug-likeness (QED) is 0.695. The summed E-state index contributed by atoms with van der Waals surface area (Å²) < 4.78 is 21.1. The summed E-state index contributed by atoms with van der Waals surface area (Å²) in [7, 11) is 0. The van der Waals surface area contributed by atoms with Gasteiger partial charge in [0.25, 0.3) is 11.3 Å². The van der Waals surface area contributed by atoms with Crippen LogP contribution in [0.2, 0.25) is 0 Å². The van der Waals surface area contributed by atoms with Crippen molar-refractivity contribution in [3.05, 3.63) is 42.5 Å². The predicted molar refractivity (Wildman–Crippen MR) is 49.4 cm³/mol. The first-order valence-corrected chi connectivity index (χ1v) is 4.42. The Hall–Kier alpha value is -1.13. The fourth-order valence-electron chi connectivity index (χ4n) is 0.804. The van der Waals surface area contributed by atoms with Gasteiger partial charge in [-0.15, -0.1) is 0 Å². The fourth-order valence-corrected chi connectivity index (χ4v) is 1.13. The van der Waals surface area contributed by atoms with Gasteiger partial charge >= 0.3 is 0 Å². The molecule has 12 heavy (non-hydrogen) atoms. The Morgan fingerprint density at radius 2 is 2.00 bits per heavy atom. The summed E-state index contributed by atoms with van der Waals surface area (Å²) in [4.78, 5) is 0. The van der Waals surface area contributed by atoms with E-state index in [1.165, 1.54) is 0 Å². The Kier molecular flexibility index (Phi) is 3.01. The minimum Gasteiger partial charge on any atom is -0.289 e. The van der Waals surface area contributed by atoms with Crippen LogP contribution in [0.4, 0.5) is 0 Å². The van der Waals surface area contributed by atoms with Gasteiger partial charge in [0, 0.05) is 5.70 Å². The molecule has 1 unspecified atom stereocenters. The standard InChI is InChI=1S/C8H9NO2S/c1-7(9-12(10)11)8-5-3-2-4-6-8/h2-6,9H,1H2,(H,10,11). The van der Waals surface area contributed by atoms with Gasteiger partial charge in [0.05, 0.1) is 0 Å². The van der Waals surface area contributed by atoms with Crippen LogP contribution in [0.1, 0.15) is 5.56 Å². The van der Waals surface area contributed by atoms with Crippen molar-refractivity contribution in [1.82, 2.24) is 4.72 Å². The fraction of sp³-hybridized carbons (Fsp3) is 0. The van der Waals surface area contributed by atoms with Crippen molar-refractivity contribution in [2.75, 3.05) is 0 Å². The molecule has 0 fully saturated rings. The molecule has 0 heterocycles. The molecule has 0 saturated heterocycles. The number of rotatable bonds is 3. The highest BCUT2D eigenvalue weighted by atomic mass is 32.2. The van der Waals surface area contributed by atoms with Crippen molar-refractivity contribution >= 4 is 17.0 Å². The molecule has 0 aromatic heterocycles. The molecule has 4 heteroatoms. The van der Waals surface area contributed by atoms with Crippen molar-refractivity contribution in [2.24, 2.45) is 0 Å². The zero-order valence-electron chi connectivity index (χ0n) is 6.36. The summed E-state index contributed by atoms with van der Waals surface area (Å²) in [5.41, 5.74) is 1.25. The molecule has 1 rings (SSSR count). The van der Waals surface area contributed by atoms with Crippen LogP contribution in [0.25, 0.3) is 5.70 Å². The van der Waals surface area contributed by atoms with E-state index in [0.29, 0.717) is 5.70 Å². The molecule has 3 nitrogen and oxygen atoms in total. The first-order chi connectivity index (χ1) is 5.70. The SMILES string of the molecule is C=C(NS(=O)O)c1ccccc1. The van der Waals surface area contributed by atoms with E-state index < -0.39 is 11.3 Å². The minimum atomic E-state index is -2.05. The van der Waals surface area contributed by atoms with E-state index in [9.17, 15) is 4.21 Å². The summed E-state index contributed by atoms with van der Waals surface area (Å²) in [5, 5.41) is 0. The molecule has 0 bridgehead atoms. The molecule has 0 aliphatic carbocycles. The number of hydrogen-bond acceptors (Lipinski definition) is 1. The average molecular weight is 183 g/mol. The average Bonchev–Trinajstić information content (AvgIpc) is 2.05. The molecule has 2 N–H and O–H groups in total. The molecule has 0 saturated carbocycles. The number of benzene rings is 1. The van der Waals surface area contributed by atoms with Gasteiger partial charge in [-0.2, -0.15) is 0 Å². The van der Waals surface area contributed by atoms with E-state index >= 15 is 0 Å². The predicted octanol–water partition coefficient (Wildman–Crippen LogP) is 1.38. The summed E-state index contributed by atoms with van der Waals surface area (Å²) >= 11 is -2.05. The Balaban J connectivity index is 2.73. The van der Waals surface area contributed by atoms with Gasteiger partial charge < -0.3 is 0 Å². The first kappa shape index (κ1) is 8.96. The van der Waals surface area contributed by atoms with Crippen LogP contribution in [0.3, 0.4) is 0 Å². The molecular weight excluding hydrogens is 174 g/mol. The van der Waals surface area contributed by atoms with Crippen LogP contribution in [0.5, 0.6) is 0 Å². The van der Waals surface area contributed by atoms with Crippen LogP contribution >= 0.6 is 0 Å². The lowest BCUT2D eigenvalue weighted by Gasteiger charge is -2.03. The van der Waals surface area contributed by atoms with E-state index in [-0.39, 0.29) is 0 Å². The maximum absolute atomic E-state index is 10.3. The third-order valence-electron chi connectivity index (χ3n) is 1.33. The third kappa shape index (κ3) is 2.48. The van der Waals surface area contributed by atoms with Crippen LogP contribution in [-0.4, -0.2) is 8.76 Å². The van der Waals surface area contributed by atoms with Gasteiger partial charge in [0.15, 0.2) is 0 Å². The normalized spacial score (nSPS) is 12.1. The van der Waals surface area contributed by atoms with E-state index in [0.717, 1.165) is 5.56 Å². The van der Waals surface area contributed by atoms with Crippen molar-refractivity contribution < 1.29 is 8.76 Å². The topological polar surface area (TPSA) is 49.3 Å². The zero-order chi connectivity index (χ0) is 8.97. The Labute approximate surface area is 73.5 Å². The second-order valence-corrected chi connectivity index (χ2v) is 2.90. The monoisotopic (exact) mass is 183 g/mol. The van der Waals surface area contributed by atoms with Crippen LogP contribution in [0.15, 0.2) is 36.9 Å². The molecular formula is C8H9NO2S. The molecule has 1 aromatic carbocycles. The lowest BCUT2D eigenvalue weighted by molar-refractivity contribution is 0.559. The maximum Gasteiger partial charge on any atom is 0.259 e. The second kappa shape index (κ2) is 4.04.